The monoisotopic (exact) mass is 144 g/mol. The molecule has 0 spiro atoms. The van der Waals surface area contributed by atoms with Crippen LogP contribution in [-0.4, -0.2) is 30.6 Å². The SMILES string of the molecule is O=NNN1CCNCC1=O. The van der Waals surface area contributed by atoms with Crippen molar-refractivity contribution in [3.8, 4) is 0 Å². The van der Waals surface area contributed by atoms with Crippen molar-refractivity contribution >= 4 is 5.91 Å². The van der Waals surface area contributed by atoms with Gasteiger partial charge in [-0.25, -0.2) is 5.01 Å². The summed E-state index contributed by atoms with van der Waals surface area (Å²) in [6.07, 6.45) is 0. The number of carbonyl (C=O) groups is 1. The van der Waals surface area contributed by atoms with Gasteiger partial charge in [-0.3, -0.25) is 4.79 Å². The summed E-state index contributed by atoms with van der Waals surface area (Å²) in [4.78, 5) is 20.4. The topological polar surface area (TPSA) is 73.8 Å². The smallest absolute Gasteiger partial charge is 0.256 e. The zero-order valence-electron chi connectivity index (χ0n) is 5.33. The molecule has 6 nitrogen and oxygen atoms in total. The molecule has 0 aliphatic carbocycles. The fraction of sp³-hybridized carbons (Fsp3) is 0.750. The van der Waals surface area contributed by atoms with Crippen LogP contribution in [0, 0.1) is 4.91 Å². The van der Waals surface area contributed by atoms with E-state index in [4.69, 9.17) is 0 Å². The quantitative estimate of drug-likeness (QED) is 0.369. The van der Waals surface area contributed by atoms with E-state index in [1.807, 2.05) is 5.53 Å². The number of hydrogen-bond donors (Lipinski definition) is 2. The van der Waals surface area contributed by atoms with Gasteiger partial charge < -0.3 is 5.32 Å². The van der Waals surface area contributed by atoms with Gasteiger partial charge in [0.05, 0.1) is 18.4 Å². The first-order valence-electron chi connectivity index (χ1n) is 2.93. The highest BCUT2D eigenvalue weighted by molar-refractivity contribution is 5.78. The molecule has 0 unspecified atom stereocenters. The molecule has 0 atom stereocenters. The van der Waals surface area contributed by atoms with E-state index < -0.39 is 0 Å². The molecule has 10 heavy (non-hydrogen) atoms. The Morgan fingerprint density at radius 3 is 3.10 bits per heavy atom. The minimum absolute atomic E-state index is 0.161. The van der Waals surface area contributed by atoms with Gasteiger partial charge >= 0.3 is 0 Å². The molecule has 56 valence electrons. The molecule has 1 saturated heterocycles. The zero-order valence-corrected chi connectivity index (χ0v) is 5.33. The van der Waals surface area contributed by atoms with Crippen LogP contribution in [0.25, 0.3) is 0 Å². The maximum absolute atomic E-state index is 10.8. The lowest BCUT2D eigenvalue weighted by Gasteiger charge is -2.24. The Bertz CT molecular complexity index is 148. The molecule has 1 amide bonds. The van der Waals surface area contributed by atoms with E-state index >= 15 is 0 Å². The lowest BCUT2D eigenvalue weighted by atomic mass is 10.4. The maximum Gasteiger partial charge on any atom is 0.256 e. The van der Waals surface area contributed by atoms with Crippen molar-refractivity contribution < 1.29 is 4.79 Å². The van der Waals surface area contributed by atoms with Crippen LogP contribution in [0.3, 0.4) is 0 Å². The Morgan fingerprint density at radius 1 is 1.70 bits per heavy atom. The van der Waals surface area contributed by atoms with Crippen LogP contribution < -0.4 is 10.9 Å². The summed E-state index contributed by atoms with van der Waals surface area (Å²) in [5.74, 6) is -0.161. The van der Waals surface area contributed by atoms with E-state index in [0.29, 0.717) is 13.1 Å². The number of nitrogens with one attached hydrogen (secondary N) is 2. The standard InChI is InChI=1S/C4H8N4O2/c9-4-3-5-1-2-8(4)6-7-10/h5H,1-3H2,(H,6,10). The Morgan fingerprint density at radius 2 is 2.50 bits per heavy atom. The van der Waals surface area contributed by atoms with Gasteiger partial charge in [-0.1, -0.05) is 0 Å². The molecule has 0 radical (unpaired) electrons. The summed E-state index contributed by atoms with van der Waals surface area (Å²) in [5.41, 5.74) is 2.05. The minimum Gasteiger partial charge on any atom is -0.306 e. The summed E-state index contributed by atoms with van der Waals surface area (Å²) in [7, 11) is 0. The summed E-state index contributed by atoms with van der Waals surface area (Å²) in [6.45, 7) is 1.43. The summed E-state index contributed by atoms with van der Waals surface area (Å²) < 4.78 is 0. The molecule has 2 N–H and O–H groups in total. The number of nitrogens with zero attached hydrogens (tertiary/aromatic N) is 2. The second-order valence-corrected chi connectivity index (χ2v) is 1.91. The average molecular weight is 144 g/mol. The summed E-state index contributed by atoms with van der Waals surface area (Å²) in [5, 5.41) is 6.42. The number of hydrogen-bond acceptors (Lipinski definition) is 4. The molecule has 0 saturated carbocycles. The van der Waals surface area contributed by atoms with Gasteiger partial charge in [-0.2, -0.15) is 5.53 Å². The number of amides is 1. The molecular formula is C4H8N4O2. The van der Waals surface area contributed by atoms with Crippen LogP contribution in [0.1, 0.15) is 0 Å². The second-order valence-electron chi connectivity index (χ2n) is 1.91. The Balaban J connectivity index is 2.39. The Hall–Kier alpha value is -1.17. The minimum atomic E-state index is -0.161. The number of carbonyl (C=O) groups excluding carboxylic acids is 1. The summed E-state index contributed by atoms with van der Waals surface area (Å²) >= 11 is 0. The number of rotatable bonds is 2. The van der Waals surface area contributed by atoms with Gasteiger partial charge in [0.1, 0.15) is 0 Å². The lowest BCUT2D eigenvalue weighted by molar-refractivity contribution is -0.135. The van der Waals surface area contributed by atoms with Crippen molar-refractivity contribution in [1.29, 1.82) is 0 Å². The fourth-order valence-corrected chi connectivity index (χ4v) is 0.761. The van der Waals surface area contributed by atoms with Crippen molar-refractivity contribution in [2.75, 3.05) is 19.6 Å². The first kappa shape index (κ1) is 6.94. The van der Waals surface area contributed by atoms with Gasteiger partial charge in [-0.05, 0) is 0 Å². The Labute approximate surface area is 57.5 Å². The van der Waals surface area contributed by atoms with Crippen LogP contribution in [0.4, 0.5) is 0 Å². The summed E-state index contributed by atoms with van der Waals surface area (Å²) in [6, 6.07) is 0. The van der Waals surface area contributed by atoms with E-state index in [1.54, 1.807) is 0 Å². The average Bonchev–Trinajstić information content (AvgIpc) is 1.94. The van der Waals surface area contributed by atoms with Gasteiger partial charge in [0.2, 0.25) is 0 Å². The van der Waals surface area contributed by atoms with Gasteiger partial charge in [0, 0.05) is 6.54 Å². The van der Waals surface area contributed by atoms with Crippen LogP contribution in [0.5, 0.6) is 0 Å². The van der Waals surface area contributed by atoms with Crippen molar-refractivity contribution in [3.63, 3.8) is 0 Å². The second kappa shape index (κ2) is 3.11. The number of piperazine rings is 1. The lowest BCUT2D eigenvalue weighted by Crippen LogP contribution is -2.52. The molecule has 0 aromatic heterocycles. The predicted octanol–water partition coefficient (Wildman–Crippen LogP) is -1.40. The largest absolute Gasteiger partial charge is 0.306 e. The zero-order chi connectivity index (χ0) is 7.40. The molecule has 0 bridgehead atoms. The van der Waals surface area contributed by atoms with Crippen LogP contribution in [0.15, 0.2) is 5.29 Å². The van der Waals surface area contributed by atoms with Gasteiger partial charge in [0.25, 0.3) is 5.91 Å². The highest BCUT2D eigenvalue weighted by atomic mass is 16.3. The van der Waals surface area contributed by atoms with Crippen LogP contribution in [-0.2, 0) is 4.79 Å². The molecular weight excluding hydrogens is 136 g/mol. The third-order valence-electron chi connectivity index (χ3n) is 1.25. The maximum atomic E-state index is 10.8. The molecule has 0 aromatic carbocycles. The van der Waals surface area contributed by atoms with Crippen LogP contribution >= 0.6 is 0 Å². The predicted molar refractivity (Wildman–Crippen MR) is 33.5 cm³/mol. The number of nitroso groups, excluding NO2 is 1. The first-order valence-corrected chi connectivity index (χ1v) is 2.93. The highest BCUT2D eigenvalue weighted by Crippen LogP contribution is 1.87. The van der Waals surface area contributed by atoms with E-state index in [2.05, 4.69) is 10.6 Å². The first-order chi connectivity index (χ1) is 4.84. The van der Waals surface area contributed by atoms with E-state index in [-0.39, 0.29) is 12.5 Å². The molecule has 6 heteroatoms. The molecule has 1 fully saturated rings. The van der Waals surface area contributed by atoms with Crippen molar-refractivity contribution in [2.24, 2.45) is 5.29 Å². The molecule has 1 rings (SSSR count). The fourth-order valence-electron chi connectivity index (χ4n) is 0.761. The van der Waals surface area contributed by atoms with Gasteiger partial charge in [0.15, 0.2) is 0 Å². The molecule has 1 aliphatic heterocycles. The molecule has 1 heterocycles. The molecule has 0 aromatic rings. The normalized spacial score (nSPS) is 18.8. The number of hydrazine groups is 1. The Kier molecular flexibility index (Phi) is 2.16. The van der Waals surface area contributed by atoms with Crippen molar-refractivity contribution in [3.05, 3.63) is 4.91 Å². The third-order valence-corrected chi connectivity index (χ3v) is 1.25. The van der Waals surface area contributed by atoms with Gasteiger partial charge in [-0.15, -0.1) is 4.91 Å². The van der Waals surface area contributed by atoms with E-state index in [1.165, 1.54) is 5.01 Å². The third kappa shape index (κ3) is 1.41. The molecule has 1 aliphatic rings. The van der Waals surface area contributed by atoms with E-state index in [0.717, 1.165) is 0 Å². The highest BCUT2D eigenvalue weighted by Gasteiger charge is 2.16. The van der Waals surface area contributed by atoms with Crippen LogP contribution in [0.2, 0.25) is 0 Å². The van der Waals surface area contributed by atoms with E-state index in [9.17, 15) is 9.70 Å². The van der Waals surface area contributed by atoms with Crippen molar-refractivity contribution in [2.45, 2.75) is 0 Å². The van der Waals surface area contributed by atoms with Crippen molar-refractivity contribution in [1.82, 2.24) is 15.9 Å².